The van der Waals surface area contributed by atoms with Gasteiger partial charge in [-0.25, -0.2) is 10.0 Å². The van der Waals surface area contributed by atoms with Gasteiger partial charge in [-0.2, -0.15) is 0 Å². The van der Waals surface area contributed by atoms with E-state index >= 15 is 0 Å². The number of nitrogens with zero attached hydrogens (tertiary/aromatic N) is 3. The molecule has 33 heavy (non-hydrogen) atoms. The number of amides is 1. The minimum atomic E-state index is -0.714. The quantitative estimate of drug-likeness (QED) is 0.406. The van der Waals surface area contributed by atoms with Crippen molar-refractivity contribution in [1.29, 1.82) is 0 Å². The van der Waals surface area contributed by atoms with Gasteiger partial charge in [-0.3, -0.25) is 4.79 Å². The van der Waals surface area contributed by atoms with Gasteiger partial charge in [0, 0.05) is 18.6 Å². The van der Waals surface area contributed by atoms with Gasteiger partial charge in [0.1, 0.15) is 5.41 Å². The fourth-order valence-electron chi connectivity index (χ4n) is 4.94. The zero-order valence-electron chi connectivity index (χ0n) is 19.7. The summed E-state index contributed by atoms with van der Waals surface area (Å²) >= 11 is 6.07. The second-order valence-corrected chi connectivity index (χ2v) is 9.06. The number of halogens is 1. The van der Waals surface area contributed by atoms with Crippen LogP contribution in [0.2, 0.25) is 5.02 Å². The number of anilines is 1. The van der Waals surface area contributed by atoms with Gasteiger partial charge in [0.25, 0.3) is 5.91 Å². The lowest BCUT2D eigenvalue weighted by atomic mass is 9.72. The summed E-state index contributed by atoms with van der Waals surface area (Å²) in [7, 11) is 1.98. The van der Waals surface area contributed by atoms with Gasteiger partial charge >= 0.3 is 0 Å². The molecule has 0 aliphatic carbocycles. The number of rotatable bonds is 9. The summed E-state index contributed by atoms with van der Waals surface area (Å²) in [6, 6.07) is 26.3. The third-order valence-electron chi connectivity index (χ3n) is 6.78. The average Bonchev–Trinajstić information content (AvgIpc) is 3.10. The van der Waals surface area contributed by atoms with Gasteiger partial charge in [-0.15, -0.1) is 0 Å². The summed E-state index contributed by atoms with van der Waals surface area (Å²) in [5, 5.41) is 4.61. The molecule has 0 spiro atoms. The van der Waals surface area contributed by atoms with Crippen LogP contribution in [-0.4, -0.2) is 42.5 Å². The number of carbonyl (C=O) groups excluding carboxylic acids is 1. The van der Waals surface area contributed by atoms with Crippen molar-refractivity contribution in [2.75, 3.05) is 31.7 Å². The van der Waals surface area contributed by atoms with E-state index in [1.165, 1.54) is 0 Å². The molecular formula is C28H32ClN3O. The van der Waals surface area contributed by atoms with Crippen LogP contribution in [0.25, 0.3) is 0 Å². The second kappa shape index (κ2) is 10.1. The maximum Gasteiger partial charge on any atom is 0.256 e. The predicted molar refractivity (Wildman–Crippen MR) is 136 cm³/mol. The van der Waals surface area contributed by atoms with Crippen LogP contribution < -0.4 is 5.01 Å². The van der Waals surface area contributed by atoms with Gasteiger partial charge in [0.2, 0.25) is 0 Å². The van der Waals surface area contributed by atoms with Crippen molar-refractivity contribution >= 4 is 23.2 Å². The normalized spacial score (nSPS) is 17.8. The molecule has 1 amide bonds. The number of fused-ring (bicyclic) bond motifs is 1. The highest BCUT2D eigenvalue weighted by Gasteiger charge is 2.52. The molecule has 0 fully saturated rings. The highest BCUT2D eigenvalue weighted by molar-refractivity contribution is 6.30. The molecule has 3 aromatic carbocycles. The maximum atomic E-state index is 14.4. The second-order valence-electron chi connectivity index (χ2n) is 8.62. The van der Waals surface area contributed by atoms with Gasteiger partial charge in [-0.1, -0.05) is 86.1 Å². The van der Waals surface area contributed by atoms with E-state index in [0.29, 0.717) is 11.6 Å². The van der Waals surface area contributed by atoms with Crippen LogP contribution >= 0.6 is 11.6 Å². The van der Waals surface area contributed by atoms with Crippen molar-refractivity contribution in [3.05, 3.63) is 101 Å². The largest absolute Gasteiger partial charge is 0.304 e. The topological polar surface area (TPSA) is 26.8 Å². The van der Waals surface area contributed by atoms with Gasteiger partial charge < -0.3 is 4.90 Å². The summed E-state index contributed by atoms with van der Waals surface area (Å²) < 4.78 is 0. The Kier molecular flexibility index (Phi) is 7.18. The monoisotopic (exact) mass is 461 g/mol. The van der Waals surface area contributed by atoms with E-state index in [4.69, 9.17) is 11.6 Å². The fourth-order valence-corrected chi connectivity index (χ4v) is 5.07. The Labute approximate surface area is 202 Å². The van der Waals surface area contributed by atoms with Crippen LogP contribution in [0.1, 0.15) is 37.0 Å². The lowest BCUT2D eigenvalue weighted by Gasteiger charge is -2.34. The molecular weight excluding hydrogens is 430 g/mol. The van der Waals surface area contributed by atoms with E-state index in [0.717, 1.165) is 48.4 Å². The standard InChI is InChI=1S/C28H32ClN3O/c1-4-31(5-2)20-19-28(23-11-7-6-8-12-23)25-13-9-10-14-26(25)32(27(28)33)30(3)21-22-15-17-24(29)18-16-22/h6-18H,4-5,19-21H2,1-3H3. The van der Waals surface area contributed by atoms with E-state index in [9.17, 15) is 4.79 Å². The third kappa shape index (κ3) is 4.43. The minimum absolute atomic E-state index is 0.110. The molecule has 1 unspecified atom stereocenters. The van der Waals surface area contributed by atoms with E-state index in [-0.39, 0.29) is 5.91 Å². The lowest BCUT2D eigenvalue weighted by molar-refractivity contribution is -0.125. The van der Waals surface area contributed by atoms with Crippen LogP contribution in [0.5, 0.6) is 0 Å². The zero-order chi connectivity index (χ0) is 23.4. The molecule has 3 aromatic rings. The summed E-state index contributed by atoms with van der Waals surface area (Å²) in [5.41, 5.74) is 3.48. The van der Waals surface area contributed by atoms with Gasteiger partial charge in [0.15, 0.2) is 0 Å². The third-order valence-corrected chi connectivity index (χ3v) is 7.03. The minimum Gasteiger partial charge on any atom is -0.304 e. The molecule has 1 aliphatic heterocycles. The van der Waals surface area contributed by atoms with Crippen molar-refractivity contribution in [2.45, 2.75) is 32.2 Å². The van der Waals surface area contributed by atoms with Crippen molar-refractivity contribution in [2.24, 2.45) is 0 Å². The van der Waals surface area contributed by atoms with E-state index in [1.807, 2.05) is 71.7 Å². The number of hydrogen-bond acceptors (Lipinski definition) is 3. The summed E-state index contributed by atoms with van der Waals surface area (Å²) in [6.45, 7) is 7.76. The van der Waals surface area contributed by atoms with Crippen LogP contribution in [-0.2, 0) is 16.8 Å². The average molecular weight is 462 g/mol. The van der Waals surface area contributed by atoms with Crippen LogP contribution in [0.15, 0.2) is 78.9 Å². The molecule has 172 valence electrons. The first kappa shape index (κ1) is 23.5. The molecule has 0 saturated carbocycles. The Morgan fingerprint density at radius 1 is 0.879 bits per heavy atom. The Morgan fingerprint density at radius 2 is 1.52 bits per heavy atom. The van der Waals surface area contributed by atoms with Crippen molar-refractivity contribution in [1.82, 2.24) is 9.91 Å². The van der Waals surface area contributed by atoms with Crippen LogP contribution in [0, 0.1) is 0 Å². The summed E-state index contributed by atoms with van der Waals surface area (Å²) in [4.78, 5) is 16.8. The Balaban J connectivity index is 1.77. The first-order chi connectivity index (χ1) is 16.0. The highest BCUT2D eigenvalue weighted by Crippen LogP contribution is 2.49. The molecule has 0 radical (unpaired) electrons. The molecule has 4 nitrogen and oxygen atoms in total. The summed E-state index contributed by atoms with van der Waals surface area (Å²) in [6.07, 6.45) is 0.736. The Bertz CT molecular complexity index is 1080. The molecule has 1 atom stereocenters. The van der Waals surface area contributed by atoms with E-state index < -0.39 is 5.41 Å². The molecule has 0 bridgehead atoms. The number of para-hydroxylation sites is 1. The first-order valence-electron chi connectivity index (χ1n) is 11.7. The maximum absolute atomic E-state index is 14.4. The molecule has 1 heterocycles. The lowest BCUT2D eigenvalue weighted by Crippen LogP contribution is -2.49. The SMILES string of the molecule is CCN(CC)CCC1(c2ccccc2)C(=O)N(N(C)Cc2ccc(Cl)cc2)c2ccccc21. The number of hydrogen-bond donors (Lipinski definition) is 0. The van der Waals surface area contributed by atoms with Crippen LogP contribution in [0.3, 0.4) is 0 Å². The smallest absolute Gasteiger partial charge is 0.256 e. The predicted octanol–water partition coefficient (Wildman–Crippen LogP) is 5.75. The van der Waals surface area contributed by atoms with Gasteiger partial charge in [-0.05, 0) is 60.9 Å². The van der Waals surface area contributed by atoms with E-state index in [1.54, 1.807) is 0 Å². The van der Waals surface area contributed by atoms with Crippen molar-refractivity contribution < 1.29 is 4.79 Å². The van der Waals surface area contributed by atoms with E-state index in [2.05, 4.69) is 43.0 Å². The Hall–Kier alpha value is -2.66. The molecule has 0 aromatic heterocycles. The number of hydrazine groups is 1. The zero-order valence-corrected chi connectivity index (χ0v) is 20.4. The highest BCUT2D eigenvalue weighted by atomic mass is 35.5. The van der Waals surface area contributed by atoms with Crippen molar-refractivity contribution in [3.8, 4) is 0 Å². The Morgan fingerprint density at radius 3 is 2.18 bits per heavy atom. The first-order valence-corrected chi connectivity index (χ1v) is 12.1. The molecule has 5 heteroatoms. The van der Waals surface area contributed by atoms with Crippen molar-refractivity contribution in [3.63, 3.8) is 0 Å². The number of carbonyl (C=O) groups is 1. The molecule has 1 aliphatic rings. The molecule has 0 saturated heterocycles. The number of benzene rings is 3. The fraction of sp³-hybridized carbons (Fsp3) is 0.321. The molecule has 0 N–H and O–H groups in total. The van der Waals surface area contributed by atoms with Gasteiger partial charge in [0.05, 0.1) is 5.69 Å². The summed E-state index contributed by atoms with van der Waals surface area (Å²) in [5.74, 6) is 0.110. The van der Waals surface area contributed by atoms with Crippen LogP contribution in [0.4, 0.5) is 5.69 Å². The molecule has 4 rings (SSSR count).